The molecule has 0 aliphatic carbocycles. The average molecular weight is 201 g/mol. The molecular formula is C12H27NO. The van der Waals surface area contributed by atoms with E-state index in [0.717, 1.165) is 25.7 Å². The van der Waals surface area contributed by atoms with Gasteiger partial charge in [-0.2, -0.15) is 0 Å². The van der Waals surface area contributed by atoms with Crippen LogP contribution < -0.4 is 5.32 Å². The molecule has 2 nitrogen and oxygen atoms in total. The van der Waals surface area contributed by atoms with Gasteiger partial charge in [-0.1, -0.05) is 33.6 Å². The van der Waals surface area contributed by atoms with Gasteiger partial charge in [0, 0.05) is 12.6 Å². The standard InChI is InChI=1S/C12H27NO/c1-5-13-12(10-14-6-2)9-7-8-11(3)4/h11-13H,5-10H2,1-4H3. The highest BCUT2D eigenvalue weighted by molar-refractivity contribution is 4.65. The lowest BCUT2D eigenvalue weighted by atomic mass is 10.0. The molecular weight excluding hydrogens is 174 g/mol. The van der Waals surface area contributed by atoms with Crippen molar-refractivity contribution in [2.24, 2.45) is 5.92 Å². The number of nitrogens with one attached hydrogen (secondary N) is 1. The third-order valence-corrected chi connectivity index (χ3v) is 2.35. The third kappa shape index (κ3) is 8.52. The van der Waals surface area contributed by atoms with Gasteiger partial charge < -0.3 is 10.1 Å². The Bertz CT molecular complexity index is 115. The van der Waals surface area contributed by atoms with Gasteiger partial charge in [-0.05, 0) is 25.8 Å². The summed E-state index contributed by atoms with van der Waals surface area (Å²) >= 11 is 0. The Balaban J connectivity index is 3.50. The first-order valence-electron chi connectivity index (χ1n) is 6.01. The Hall–Kier alpha value is -0.0800. The smallest absolute Gasteiger partial charge is 0.0619 e. The van der Waals surface area contributed by atoms with Crippen LogP contribution in [0, 0.1) is 5.92 Å². The molecule has 0 aliphatic rings. The van der Waals surface area contributed by atoms with Crippen LogP contribution in [-0.2, 0) is 4.74 Å². The summed E-state index contributed by atoms with van der Waals surface area (Å²) in [5.74, 6) is 0.823. The van der Waals surface area contributed by atoms with Crippen LogP contribution in [0.1, 0.15) is 47.0 Å². The van der Waals surface area contributed by atoms with Crippen LogP contribution in [0.3, 0.4) is 0 Å². The molecule has 0 aromatic carbocycles. The quantitative estimate of drug-likeness (QED) is 0.619. The van der Waals surface area contributed by atoms with Crippen LogP contribution >= 0.6 is 0 Å². The first kappa shape index (κ1) is 13.9. The summed E-state index contributed by atoms with van der Waals surface area (Å²) in [5, 5.41) is 3.47. The molecule has 0 heterocycles. The molecule has 0 saturated heterocycles. The van der Waals surface area contributed by atoms with Gasteiger partial charge in [0.1, 0.15) is 0 Å². The molecule has 0 spiro atoms. The second-order valence-electron chi connectivity index (χ2n) is 4.24. The van der Waals surface area contributed by atoms with Crippen LogP contribution in [0.15, 0.2) is 0 Å². The van der Waals surface area contributed by atoms with Crippen LogP contribution in [0.5, 0.6) is 0 Å². The number of hydrogen-bond acceptors (Lipinski definition) is 2. The summed E-state index contributed by atoms with van der Waals surface area (Å²) in [5.41, 5.74) is 0. The van der Waals surface area contributed by atoms with Crippen molar-refractivity contribution in [2.45, 2.75) is 53.0 Å². The van der Waals surface area contributed by atoms with E-state index in [9.17, 15) is 0 Å². The van der Waals surface area contributed by atoms with Crippen molar-refractivity contribution in [3.05, 3.63) is 0 Å². The third-order valence-electron chi connectivity index (χ3n) is 2.35. The molecule has 0 rings (SSSR count). The molecule has 1 atom stereocenters. The molecule has 2 heteroatoms. The number of likely N-dealkylation sites (N-methyl/N-ethyl adjacent to an activating group) is 1. The van der Waals surface area contributed by atoms with E-state index in [4.69, 9.17) is 4.74 Å². The lowest BCUT2D eigenvalue weighted by molar-refractivity contribution is 0.119. The first-order valence-corrected chi connectivity index (χ1v) is 6.01. The molecule has 0 bridgehead atoms. The minimum Gasteiger partial charge on any atom is -0.380 e. The SMILES string of the molecule is CCNC(CCCC(C)C)COCC. The molecule has 14 heavy (non-hydrogen) atoms. The van der Waals surface area contributed by atoms with E-state index in [0.29, 0.717) is 6.04 Å². The maximum Gasteiger partial charge on any atom is 0.0619 e. The predicted molar refractivity (Wildman–Crippen MR) is 62.6 cm³/mol. The summed E-state index contributed by atoms with van der Waals surface area (Å²) in [7, 11) is 0. The van der Waals surface area contributed by atoms with Crippen LogP contribution in [0.25, 0.3) is 0 Å². The zero-order valence-corrected chi connectivity index (χ0v) is 10.3. The Morgan fingerprint density at radius 3 is 2.36 bits per heavy atom. The minimum atomic E-state index is 0.554. The monoisotopic (exact) mass is 201 g/mol. The second kappa shape index (κ2) is 9.47. The van der Waals surface area contributed by atoms with Crippen molar-refractivity contribution in [3.63, 3.8) is 0 Å². The van der Waals surface area contributed by atoms with E-state index >= 15 is 0 Å². The minimum absolute atomic E-state index is 0.554. The van der Waals surface area contributed by atoms with Crippen molar-refractivity contribution in [3.8, 4) is 0 Å². The molecule has 86 valence electrons. The average Bonchev–Trinajstić information content (AvgIpc) is 2.13. The highest BCUT2D eigenvalue weighted by Gasteiger charge is 2.06. The highest BCUT2D eigenvalue weighted by atomic mass is 16.5. The van der Waals surface area contributed by atoms with E-state index in [2.05, 4.69) is 33.0 Å². The predicted octanol–water partition coefficient (Wildman–Crippen LogP) is 2.83. The second-order valence-corrected chi connectivity index (χ2v) is 4.24. The summed E-state index contributed by atoms with van der Waals surface area (Å²) < 4.78 is 5.44. The van der Waals surface area contributed by atoms with Crippen molar-refractivity contribution in [2.75, 3.05) is 19.8 Å². The summed E-state index contributed by atoms with van der Waals surface area (Å²) in [4.78, 5) is 0. The van der Waals surface area contributed by atoms with Crippen molar-refractivity contribution in [1.82, 2.24) is 5.32 Å². The van der Waals surface area contributed by atoms with Gasteiger partial charge in [-0.3, -0.25) is 0 Å². The Morgan fingerprint density at radius 1 is 1.14 bits per heavy atom. The van der Waals surface area contributed by atoms with E-state index in [1.165, 1.54) is 19.3 Å². The summed E-state index contributed by atoms with van der Waals surface area (Å²) in [6, 6.07) is 0.554. The summed E-state index contributed by atoms with van der Waals surface area (Å²) in [6.07, 6.45) is 3.88. The molecule has 0 radical (unpaired) electrons. The molecule has 0 aliphatic heterocycles. The topological polar surface area (TPSA) is 21.3 Å². The van der Waals surface area contributed by atoms with E-state index in [1.54, 1.807) is 0 Å². The van der Waals surface area contributed by atoms with Crippen LogP contribution in [0.4, 0.5) is 0 Å². The van der Waals surface area contributed by atoms with E-state index in [1.807, 2.05) is 0 Å². The fourth-order valence-electron chi connectivity index (χ4n) is 1.57. The van der Waals surface area contributed by atoms with Crippen molar-refractivity contribution < 1.29 is 4.74 Å². The number of hydrogen-bond donors (Lipinski definition) is 1. The first-order chi connectivity index (χ1) is 6.70. The molecule has 0 saturated carbocycles. The highest BCUT2D eigenvalue weighted by Crippen LogP contribution is 2.08. The molecule has 0 aromatic heterocycles. The van der Waals surface area contributed by atoms with Crippen LogP contribution in [-0.4, -0.2) is 25.8 Å². The summed E-state index contributed by atoms with van der Waals surface area (Å²) in [6.45, 7) is 11.5. The van der Waals surface area contributed by atoms with Crippen molar-refractivity contribution >= 4 is 0 Å². The van der Waals surface area contributed by atoms with Gasteiger partial charge in [0.15, 0.2) is 0 Å². The molecule has 0 fully saturated rings. The maximum absolute atomic E-state index is 5.44. The van der Waals surface area contributed by atoms with Gasteiger partial charge in [0.2, 0.25) is 0 Å². The van der Waals surface area contributed by atoms with Gasteiger partial charge in [-0.15, -0.1) is 0 Å². The molecule has 1 unspecified atom stereocenters. The van der Waals surface area contributed by atoms with E-state index < -0.39 is 0 Å². The zero-order valence-electron chi connectivity index (χ0n) is 10.3. The van der Waals surface area contributed by atoms with E-state index in [-0.39, 0.29) is 0 Å². The fraction of sp³-hybridized carbons (Fsp3) is 1.00. The zero-order chi connectivity index (χ0) is 10.8. The van der Waals surface area contributed by atoms with Crippen molar-refractivity contribution in [1.29, 1.82) is 0 Å². The van der Waals surface area contributed by atoms with Gasteiger partial charge >= 0.3 is 0 Å². The fourth-order valence-corrected chi connectivity index (χ4v) is 1.57. The Labute approximate surface area is 89.4 Å². The Morgan fingerprint density at radius 2 is 1.86 bits per heavy atom. The van der Waals surface area contributed by atoms with Gasteiger partial charge in [-0.25, -0.2) is 0 Å². The lowest BCUT2D eigenvalue weighted by Crippen LogP contribution is -2.33. The number of rotatable bonds is 9. The molecule has 1 N–H and O–H groups in total. The van der Waals surface area contributed by atoms with Gasteiger partial charge in [0.05, 0.1) is 6.61 Å². The normalized spacial score (nSPS) is 13.5. The lowest BCUT2D eigenvalue weighted by Gasteiger charge is -2.17. The molecule has 0 amide bonds. The molecule has 0 aromatic rings. The number of ether oxygens (including phenoxy) is 1. The van der Waals surface area contributed by atoms with Crippen LogP contribution in [0.2, 0.25) is 0 Å². The Kier molecular flexibility index (Phi) is 9.42. The van der Waals surface area contributed by atoms with Gasteiger partial charge in [0.25, 0.3) is 0 Å². The largest absolute Gasteiger partial charge is 0.380 e. The maximum atomic E-state index is 5.44.